The lowest BCUT2D eigenvalue weighted by atomic mass is 9.71. The van der Waals surface area contributed by atoms with Gasteiger partial charge in [0.05, 0.1) is 28.7 Å². The van der Waals surface area contributed by atoms with Crippen LogP contribution >= 0.6 is 0 Å². The zero-order valence-corrected chi connectivity index (χ0v) is 19.6. The van der Waals surface area contributed by atoms with Crippen LogP contribution in [-0.4, -0.2) is 43.1 Å². The molecule has 0 unspecified atom stereocenters. The van der Waals surface area contributed by atoms with Crippen LogP contribution in [-0.2, 0) is 30.3 Å². The number of alkyl halides is 2. The molecule has 0 spiro atoms. The van der Waals surface area contributed by atoms with Gasteiger partial charge in [-0.1, -0.05) is 5.21 Å². The zero-order valence-electron chi connectivity index (χ0n) is 19.6. The molecule has 2 aromatic heterocycles. The highest BCUT2D eigenvalue weighted by molar-refractivity contribution is 6.43. The summed E-state index contributed by atoms with van der Waals surface area (Å²) in [4.78, 5) is 39.6. The van der Waals surface area contributed by atoms with Gasteiger partial charge in [0.1, 0.15) is 5.82 Å². The molecule has 1 aliphatic heterocycles. The largest absolute Gasteiger partial charge is 0.341 e. The Morgan fingerprint density at radius 3 is 2.42 bits per heavy atom. The first-order valence-electron chi connectivity index (χ1n) is 11.4. The minimum absolute atomic E-state index is 0.0496. The van der Waals surface area contributed by atoms with Gasteiger partial charge in [0.25, 0.3) is 23.5 Å². The Hall–Kier alpha value is -3.96. The van der Waals surface area contributed by atoms with Crippen LogP contribution in [0.1, 0.15) is 57.1 Å². The summed E-state index contributed by atoms with van der Waals surface area (Å²) in [6.07, 6.45) is 1.12. The molecule has 2 amide bonds. The normalized spacial score (nSPS) is 17.2. The van der Waals surface area contributed by atoms with Gasteiger partial charge in [-0.05, 0) is 49.6 Å². The number of aromatic nitrogens is 4. The van der Waals surface area contributed by atoms with E-state index < -0.39 is 47.7 Å². The maximum absolute atomic E-state index is 13.9. The number of carbonyl (C=O) groups excluding carboxylic acids is 3. The third kappa shape index (κ3) is 3.86. The van der Waals surface area contributed by atoms with Gasteiger partial charge in [0.15, 0.2) is 0 Å². The predicted octanol–water partition coefficient (Wildman–Crippen LogP) is 2.89. The summed E-state index contributed by atoms with van der Waals surface area (Å²) in [5.41, 5.74) is 0.421. The van der Waals surface area contributed by atoms with Crippen LogP contribution < -0.4 is 10.6 Å². The Labute approximate surface area is 203 Å². The molecule has 0 atom stereocenters. The van der Waals surface area contributed by atoms with E-state index in [4.69, 9.17) is 0 Å². The fourth-order valence-corrected chi connectivity index (χ4v) is 5.31. The number of ketones is 1. The van der Waals surface area contributed by atoms with Gasteiger partial charge >= 0.3 is 0 Å². The molecule has 5 rings (SSSR count). The van der Waals surface area contributed by atoms with Crippen LogP contribution in [0.15, 0.2) is 30.5 Å². The Morgan fingerprint density at radius 1 is 1.11 bits per heavy atom. The number of nitrogens with one attached hydrogen (secondary N) is 2. The number of hydrogen-bond acceptors (Lipinski definition) is 5. The van der Waals surface area contributed by atoms with Crippen molar-refractivity contribution in [3.63, 3.8) is 0 Å². The van der Waals surface area contributed by atoms with E-state index in [2.05, 4.69) is 20.9 Å². The Kier molecular flexibility index (Phi) is 5.49. The summed E-state index contributed by atoms with van der Waals surface area (Å²) in [7, 11) is 1.52. The molecule has 9 nitrogen and oxygen atoms in total. The number of hydrogen-bond donors (Lipinski definition) is 2. The summed E-state index contributed by atoms with van der Waals surface area (Å²) in [6.45, 7) is 2.01. The average molecular weight is 500 g/mol. The van der Waals surface area contributed by atoms with Crippen LogP contribution in [0.3, 0.4) is 0 Å². The van der Waals surface area contributed by atoms with Crippen LogP contribution in [0.4, 0.5) is 18.9 Å². The van der Waals surface area contributed by atoms with E-state index in [-0.39, 0.29) is 17.0 Å². The molecule has 1 fully saturated rings. The highest BCUT2D eigenvalue weighted by Gasteiger charge is 2.60. The quantitative estimate of drug-likeness (QED) is 0.400. The maximum atomic E-state index is 13.9. The maximum Gasteiger partial charge on any atom is 0.294 e. The van der Waals surface area contributed by atoms with Crippen molar-refractivity contribution in [1.29, 1.82) is 0 Å². The predicted molar refractivity (Wildman–Crippen MR) is 121 cm³/mol. The molecule has 36 heavy (non-hydrogen) atoms. The third-order valence-corrected chi connectivity index (χ3v) is 6.84. The highest BCUT2D eigenvalue weighted by atomic mass is 19.3. The van der Waals surface area contributed by atoms with Gasteiger partial charge in [-0.3, -0.25) is 19.1 Å². The Morgan fingerprint density at radius 2 is 1.81 bits per heavy atom. The molecular weight excluding hydrogens is 477 g/mol. The molecule has 1 aliphatic carbocycles. The van der Waals surface area contributed by atoms with E-state index in [0.717, 1.165) is 0 Å². The molecule has 3 aromatic rings. The second kappa shape index (κ2) is 8.32. The summed E-state index contributed by atoms with van der Waals surface area (Å²) in [6, 6.07) is 5.26. The number of fused-ring (bicyclic) bond motifs is 1. The molecular formula is C24H23F3N6O3. The van der Waals surface area contributed by atoms with Crippen molar-refractivity contribution in [2.24, 2.45) is 7.05 Å². The fourth-order valence-electron chi connectivity index (χ4n) is 5.31. The summed E-state index contributed by atoms with van der Waals surface area (Å²) < 4.78 is 44.0. The number of aryl methyl sites for hydroxylation is 1. The van der Waals surface area contributed by atoms with Gasteiger partial charge < -0.3 is 15.2 Å². The SMILES string of the molecule is Cc1c(C(=O)Nc2ccc(F)cc2)c2n(c1C(=O)C(=O)NC1(c3cnnn3C)CC(F)(F)C1)CCC2. The van der Waals surface area contributed by atoms with Crippen molar-refractivity contribution in [1.82, 2.24) is 24.9 Å². The zero-order chi connectivity index (χ0) is 25.8. The van der Waals surface area contributed by atoms with Crippen molar-refractivity contribution in [3.05, 3.63) is 64.5 Å². The monoisotopic (exact) mass is 500 g/mol. The Balaban J connectivity index is 1.44. The lowest BCUT2D eigenvalue weighted by Gasteiger charge is -2.47. The number of amides is 2. The third-order valence-electron chi connectivity index (χ3n) is 6.84. The molecule has 12 heteroatoms. The van der Waals surface area contributed by atoms with Crippen molar-refractivity contribution in [2.75, 3.05) is 5.32 Å². The van der Waals surface area contributed by atoms with E-state index in [1.54, 1.807) is 11.5 Å². The number of rotatable bonds is 6. The summed E-state index contributed by atoms with van der Waals surface area (Å²) in [5, 5.41) is 12.7. The number of anilines is 1. The molecule has 2 N–H and O–H groups in total. The molecule has 0 bridgehead atoms. The van der Waals surface area contributed by atoms with E-state index in [1.165, 1.54) is 42.2 Å². The average Bonchev–Trinajstić information content (AvgIpc) is 3.49. The summed E-state index contributed by atoms with van der Waals surface area (Å²) in [5.74, 6) is -5.90. The molecule has 2 aliphatic rings. The minimum atomic E-state index is -3.00. The van der Waals surface area contributed by atoms with Gasteiger partial charge in [0.2, 0.25) is 0 Å². The number of halogens is 3. The van der Waals surface area contributed by atoms with Crippen LogP contribution in [0, 0.1) is 12.7 Å². The van der Waals surface area contributed by atoms with E-state index in [1.807, 2.05) is 0 Å². The highest BCUT2D eigenvalue weighted by Crippen LogP contribution is 2.51. The first kappa shape index (κ1) is 23.8. The van der Waals surface area contributed by atoms with Gasteiger partial charge in [-0.15, -0.1) is 5.10 Å². The lowest BCUT2D eigenvalue weighted by molar-refractivity contribution is -0.149. The lowest BCUT2D eigenvalue weighted by Crippen LogP contribution is -2.61. The van der Waals surface area contributed by atoms with Crippen molar-refractivity contribution in [3.8, 4) is 0 Å². The van der Waals surface area contributed by atoms with Gasteiger partial charge in [-0.2, -0.15) is 0 Å². The fraction of sp³-hybridized carbons (Fsp3) is 0.375. The first-order valence-corrected chi connectivity index (χ1v) is 11.4. The standard InChI is InChI=1S/C24H23F3N6O3/c1-13-18(21(35)29-15-7-5-14(25)6-8-15)16-4-3-9-33(16)19(13)20(34)22(36)30-23(11-24(26,27)12-23)17-10-28-31-32(17)2/h5-8,10H,3-4,9,11-12H2,1-2H3,(H,29,35)(H,30,36). The molecule has 3 heterocycles. The number of nitrogens with zero attached hydrogens (tertiary/aromatic N) is 4. The van der Waals surface area contributed by atoms with E-state index in [9.17, 15) is 27.6 Å². The molecule has 0 radical (unpaired) electrons. The first-order chi connectivity index (χ1) is 17.0. The number of benzene rings is 1. The Bertz CT molecular complexity index is 1380. The smallest absolute Gasteiger partial charge is 0.294 e. The molecule has 0 saturated heterocycles. The van der Waals surface area contributed by atoms with Crippen molar-refractivity contribution in [2.45, 2.75) is 50.6 Å². The molecule has 1 saturated carbocycles. The van der Waals surface area contributed by atoms with Gasteiger partial charge in [-0.25, -0.2) is 13.2 Å². The molecule has 188 valence electrons. The van der Waals surface area contributed by atoms with E-state index in [0.29, 0.717) is 36.3 Å². The number of Topliss-reactive ketones (excluding diaryl/α,β-unsaturated/α-hetero) is 1. The van der Waals surface area contributed by atoms with Gasteiger partial charge in [0, 0.05) is 37.8 Å². The van der Waals surface area contributed by atoms with E-state index >= 15 is 0 Å². The van der Waals surface area contributed by atoms with Crippen LogP contribution in [0.2, 0.25) is 0 Å². The molecule has 1 aromatic carbocycles. The second-order valence-electron chi connectivity index (χ2n) is 9.33. The van der Waals surface area contributed by atoms with Crippen molar-refractivity contribution < 1.29 is 27.6 Å². The van der Waals surface area contributed by atoms with Crippen molar-refractivity contribution >= 4 is 23.3 Å². The second-order valence-corrected chi connectivity index (χ2v) is 9.33. The summed E-state index contributed by atoms with van der Waals surface area (Å²) >= 11 is 0. The minimum Gasteiger partial charge on any atom is -0.341 e. The van der Waals surface area contributed by atoms with Crippen LogP contribution in [0.25, 0.3) is 0 Å². The number of carbonyl (C=O) groups is 3. The van der Waals surface area contributed by atoms with Crippen LogP contribution in [0.5, 0.6) is 0 Å². The topological polar surface area (TPSA) is 111 Å².